The largest absolute Gasteiger partial charge is 0.0646 e. The molecule has 0 nitrogen and oxygen atoms in total. The molecule has 0 aliphatic rings. The zero-order valence-corrected chi connectivity index (χ0v) is 19.2. The lowest BCUT2D eigenvalue weighted by Crippen LogP contribution is -2.24. The van der Waals surface area contributed by atoms with Crippen molar-refractivity contribution < 1.29 is 0 Å². The molecule has 0 saturated heterocycles. The summed E-state index contributed by atoms with van der Waals surface area (Å²) in [5.41, 5.74) is 7.94. The predicted octanol–water partition coefficient (Wildman–Crippen LogP) is 7.60. The second-order valence-corrected chi connectivity index (χ2v) is 10.1. The third-order valence-electron chi connectivity index (χ3n) is 6.60. The second kappa shape index (κ2) is 7.46. The fourth-order valence-corrected chi connectivity index (χ4v) is 3.36. The van der Waals surface area contributed by atoms with Crippen LogP contribution in [0.5, 0.6) is 0 Å². The minimum Gasteiger partial charge on any atom is -0.0646 e. The molecule has 27 heavy (non-hydrogen) atoms. The highest BCUT2D eigenvalue weighted by molar-refractivity contribution is 5.45. The van der Waals surface area contributed by atoms with E-state index in [4.69, 9.17) is 0 Å². The Bertz CT molecular complexity index is 735. The molecule has 2 aromatic carbocycles. The third kappa shape index (κ3) is 4.48. The van der Waals surface area contributed by atoms with E-state index in [0.29, 0.717) is 0 Å². The molecule has 0 heteroatoms. The molecule has 0 fully saturated rings. The van der Waals surface area contributed by atoms with E-state index in [0.717, 1.165) is 12.8 Å². The molecule has 0 amide bonds. The first-order valence-corrected chi connectivity index (χ1v) is 10.4. The average molecular weight is 363 g/mol. The highest BCUT2D eigenvalue weighted by Crippen LogP contribution is 2.38. The quantitative estimate of drug-likeness (QED) is 0.496. The average Bonchev–Trinajstić information content (AvgIpc) is 2.60. The van der Waals surface area contributed by atoms with Gasteiger partial charge in [0.15, 0.2) is 0 Å². The molecule has 0 bridgehead atoms. The third-order valence-corrected chi connectivity index (χ3v) is 6.60. The molecule has 2 aromatic rings. The van der Waals surface area contributed by atoms with Gasteiger partial charge >= 0.3 is 0 Å². The molecule has 146 valence electrons. The van der Waals surface area contributed by atoms with Gasteiger partial charge in [-0.15, -0.1) is 0 Å². The van der Waals surface area contributed by atoms with Gasteiger partial charge in [-0.1, -0.05) is 90.8 Å². The Hall–Kier alpha value is -1.56. The van der Waals surface area contributed by atoms with Crippen LogP contribution < -0.4 is 0 Å². The van der Waals surface area contributed by atoms with Crippen molar-refractivity contribution in [2.75, 3.05) is 0 Å². The van der Waals surface area contributed by atoms with Crippen LogP contribution in [0, 0.1) is 26.0 Å². The standard InChI is InChI=1S/C27H38/c1-11-25(5,6)21-13-19(3)15-23(17-21)27(9,10)24-16-20(4)14-22(18-24)26(7,8)12-2/h13-16H,11-12H2,1-10H3. The van der Waals surface area contributed by atoms with E-state index in [1.54, 1.807) is 0 Å². The van der Waals surface area contributed by atoms with Crippen molar-refractivity contribution in [3.8, 4) is 0 Å². The van der Waals surface area contributed by atoms with E-state index >= 15 is 0 Å². The van der Waals surface area contributed by atoms with Crippen LogP contribution in [0.15, 0.2) is 24.3 Å². The fourth-order valence-electron chi connectivity index (χ4n) is 3.36. The summed E-state index contributed by atoms with van der Waals surface area (Å²) in [4.78, 5) is 0. The van der Waals surface area contributed by atoms with Crippen molar-refractivity contribution in [1.29, 1.82) is 0 Å². The van der Waals surface area contributed by atoms with Gasteiger partial charge in [-0.2, -0.15) is 0 Å². The summed E-state index contributed by atoms with van der Waals surface area (Å²) in [7, 11) is 0. The summed E-state index contributed by atoms with van der Waals surface area (Å²) in [5, 5.41) is 0. The first kappa shape index (κ1) is 21.7. The Labute approximate surface area is 168 Å². The van der Waals surface area contributed by atoms with Gasteiger partial charge in [0.1, 0.15) is 0 Å². The van der Waals surface area contributed by atoms with Crippen LogP contribution in [0.4, 0.5) is 0 Å². The lowest BCUT2D eigenvalue weighted by molar-refractivity contribution is 0.499. The fraction of sp³-hybridized carbons (Fsp3) is 0.556. The molecule has 0 aliphatic heterocycles. The Morgan fingerprint density at radius 2 is 0.889 bits per heavy atom. The summed E-state index contributed by atoms with van der Waals surface area (Å²) in [5.74, 6) is 0. The molecule has 2 rings (SSSR count). The van der Waals surface area contributed by atoms with Gasteiger partial charge in [0.2, 0.25) is 0 Å². The van der Waals surface area contributed by atoms with E-state index in [9.17, 15) is 0 Å². The van der Waals surface area contributed by atoms with Gasteiger partial charge in [-0.3, -0.25) is 0 Å². The zero-order valence-electron chi connectivity index (χ0n) is 19.2. The normalized spacial score (nSPS) is 13.1. The maximum absolute atomic E-state index is 3.79. The minimum absolute atomic E-state index is 0.130. The van der Waals surface area contributed by atoms with Gasteiger partial charge in [0.05, 0.1) is 0 Å². The predicted molar refractivity (Wildman–Crippen MR) is 119 cm³/mol. The molecule has 0 spiro atoms. The molecular weight excluding hydrogens is 324 g/mol. The Morgan fingerprint density at radius 3 is 1.19 bits per heavy atom. The number of rotatable bonds is 6. The van der Waals surface area contributed by atoms with Crippen molar-refractivity contribution in [3.63, 3.8) is 0 Å². The van der Waals surface area contributed by atoms with E-state index < -0.39 is 0 Å². The van der Waals surface area contributed by atoms with E-state index in [1.165, 1.54) is 33.4 Å². The van der Waals surface area contributed by atoms with E-state index in [1.807, 2.05) is 0 Å². The molecule has 0 unspecified atom stereocenters. The molecular formula is C27H38. The molecule has 0 heterocycles. The Morgan fingerprint density at radius 1 is 0.593 bits per heavy atom. The van der Waals surface area contributed by atoms with E-state index in [2.05, 4.69) is 106 Å². The summed E-state index contributed by atoms with van der Waals surface area (Å²) >= 11 is 0. The summed E-state index contributed by atoms with van der Waals surface area (Å²) < 4.78 is 0. The molecule has 0 N–H and O–H groups in total. The van der Waals surface area contributed by atoms with Crippen LogP contribution in [0.3, 0.4) is 0 Å². The maximum atomic E-state index is 3.79. The zero-order chi connectivity index (χ0) is 20.6. The molecule has 0 saturated carbocycles. The van der Waals surface area contributed by atoms with Gasteiger partial charge in [0.25, 0.3) is 0 Å². The highest BCUT2D eigenvalue weighted by Gasteiger charge is 2.29. The molecule has 0 atom stereocenters. The number of benzene rings is 2. The van der Waals surface area contributed by atoms with Crippen LogP contribution in [0.25, 0.3) is 0 Å². The van der Waals surface area contributed by atoms with E-state index in [-0.39, 0.29) is 16.2 Å². The molecule has 0 aliphatic carbocycles. The van der Waals surface area contributed by atoms with Crippen LogP contribution in [0.1, 0.15) is 102 Å². The van der Waals surface area contributed by atoms with Crippen LogP contribution in [0.2, 0.25) is 0 Å². The number of hydrogen-bond donors (Lipinski definition) is 0. The van der Waals surface area contributed by atoms with Crippen molar-refractivity contribution in [1.82, 2.24) is 0 Å². The van der Waals surface area contributed by atoms with Gasteiger partial charge in [-0.25, -0.2) is 0 Å². The van der Waals surface area contributed by atoms with Crippen molar-refractivity contribution in [3.05, 3.63) is 69.8 Å². The van der Waals surface area contributed by atoms with Crippen molar-refractivity contribution in [2.24, 2.45) is 0 Å². The van der Waals surface area contributed by atoms with Crippen molar-refractivity contribution in [2.45, 2.75) is 98.3 Å². The Kier molecular flexibility index (Phi) is 6.00. The SMILES string of the molecule is CCC(C)(C)c1[c]c(C(C)(C)c2[c]c(C(C)(C)CC)cc(C)c2)cc(C)c1. The molecule has 2 radical (unpaired) electrons. The first-order chi connectivity index (χ1) is 12.3. The van der Waals surface area contributed by atoms with Crippen LogP contribution in [-0.4, -0.2) is 0 Å². The van der Waals surface area contributed by atoms with Gasteiger partial charge < -0.3 is 0 Å². The lowest BCUT2D eigenvalue weighted by Gasteiger charge is -2.32. The summed E-state index contributed by atoms with van der Waals surface area (Å²) in [6, 6.07) is 16.8. The lowest BCUT2D eigenvalue weighted by atomic mass is 9.72. The smallest absolute Gasteiger partial charge is 0.0159 e. The number of aryl methyl sites for hydroxylation is 2. The second-order valence-electron chi connectivity index (χ2n) is 10.1. The number of hydrogen-bond acceptors (Lipinski definition) is 0. The van der Waals surface area contributed by atoms with Crippen molar-refractivity contribution >= 4 is 0 Å². The summed E-state index contributed by atoms with van der Waals surface area (Å²) in [6.07, 6.45) is 2.22. The Balaban J connectivity index is 2.63. The monoisotopic (exact) mass is 362 g/mol. The van der Waals surface area contributed by atoms with Crippen LogP contribution in [-0.2, 0) is 16.2 Å². The van der Waals surface area contributed by atoms with Crippen LogP contribution >= 0.6 is 0 Å². The maximum Gasteiger partial charge on any atom is 0.0159 e. The highest BCUT2D eigenvalue weighted by atomic mass is 14.3. The minimum atomic E-state index is -0.130. The van der Waals surface area contributed by atoms with Gasteiger partial charge in [0, 0.05) is 5.41 Å². The summed E-state index contributed by atoms with van der Waals surface area (Å²) in [6.45, 7) is 22.8. The van der Waals surface area contributed by atoms with Gasteiger partial charge in [-0.05, 0) is 71.9 Å². The molecule has 0 aromatic heterocycles. The first-order valence-electron chi connectivity index (χ1n) is 10.4. The topological polar surface area (TPSA) is 0 Å².